The normalized spacial score (nSPS) is 38.1. The highest BCUT2D eigenvalue weighted by Gasteiger charge is 2.62. The van der Waals surface area contributed by atoms with Gasteiger partial charge in [0.2, 0.25) is 0 Å². The second kappa shape index (κ2) is 4.61. The number of aliphatic hydroxyl groups excluding tert-OH is 2. The fraction of sp³-hybridized carbons (Fsp3) is 0.500. The highest BCUT2D eigenvalue weighted by molar-refractivity contribution is 6.21. The summed E-state index contributed by atoms with van der Waals surface area (Å²) in [6, 6.07) is 5.51. The van der Waals surface area contributed by atoms with Crippen LogP contribution >= 0.6 is 0 Å². The summed E-state index contributed by atoms with van der Waals surface area (Å²) in [7, 11) is 0. The van der Waals surface area contributed by atoms with Gasteiger partial charge in [-0.2, -0.15) is 0 Å². The van der Waals surface area contributed by atoms with Crippen LogP contribution in [0.5, 0.6) is 0 Å². The van der Waals surface area contributed by atoms with Crippen molar-refractivity contribution in [3.8, 4) is 0 Å². The summed E-state index contributed by atoms with van der Waals surface area (Å²) in [5, 5.41) is 20.6. The standard InChI is InChI=1S/C16H17NO6/c1-16(2)22-12-9(10(18)11(19)13(12)23-16)17-14(20)7-5-3-4-6-8(7)15(17)21/h3-6,9-13,18-19H,1-2H3/t9-,10-,11-,12-,13+/m0/s1. The molecule has 23 heavy (non-hydrogen) atoms. The quantitative estimate of drug-likeness (QED) is 0.702. The second-order valence-electron chi connectivity index (χ2n) is 6.56. The van der Waals surface area contributed by atoms with Gasteiger partial charge in [-0.25, -0.2) is 0 Å². The van der Waals surface area contributed by atoms with Gasteiger partial charge in [-0.05, 0) is 26.0 Å². The lowest BCUT2D eigenvalue weighted by Crippen LogP contribution is -2.52. The Hall–Kier alpha value is -1.80. The molecule has 122 valence electrons. The summed E-state index contributed by atoms with van der Waals surface area (Å²) in [5.74, 6) is -1.93. The minimum absolute atomic E-state index is 0.292. The lowest BCUT2D eigenvalue weighted by Gasteiger charge is -2.30. The van der Waals surface area contributed by atoms with Crippen molar-refractivity contribution >= 4 is 11.8 Å². The van der Waals surface area contributed by atoms with Gasteiger partial charge in [0.15, 0.2) is 5.79 Å². The van der Waals surface area contributed by atoms with Crippen molar-refractivity contribution in [1.82, 2.24) is 4.90 Å². The van der Waals surface area contributed by atoms with Gasteiger partial charge in [-0.15, -0.1) is 0 Å². The minimum Gasteiger partial charge on any atom is -0.388 e. The van der Waals surface area contributed by atoms with E-state index in [0.717, 1.165) is 4.90 Å². The lowest BCUT2D eigenvalue weighted by molar-refractivity contribution is -0.179. The van der Waals surface area contributed by atoms with Crippen LogP contribution in [0.1, 0.15) is 34.6 Å². The van der Waals surface area contributed by atoms with Crippen molar-refractivity contribution in [2.45, 2.75) is 50.1 Å². The van der Waals surface area contributed by atoms with E-state index in [0.29, 0.717) is 11.1 Å². The molecule has 4 rings (SSSR count). The number of benzene rings is 1. The van der Waals surface area contributed by atoms with Crippen LogP contribution in [0.4, 0.5) is 0 Å². The first-order valence-electron chi connectivity index (χ1n) is 7.50. The average Bonchev–Trinajstić information content (AvgIpc) is 3.03. The number of rotatable bonds is 1. The third-order valence-corrected chi connectivity index (χ3v) is 4.66. The molecule has 7 nitrogen and oxygen atoms in total. The maximum absolute atomic E-state index is 12.6. The molecule has 2 amide bonds. The van der Waals surface area contributed by atoms with E-state index >= 15 is 0 Å². The fourth-order valence-electron chi connectivity index (χ4n) is 3.71. The van der Waals surface area contributed by atoms with Crippen LogP contribution < -0.4 is 0 Å². The number of imide groups is 1. The molecule has 1 aromatic rings. The van der Waals surface area contributed by atoms with E-state index in [-0.39, 0.29) is 0 Å². The Morgan fingerprint density at radius 3 is 2.04 bits per heavy atom. The Labute approximate surface area is 132 Å². The Bertz CT molecular complexity index is 667. The molecular formula is C16H17NO6. The fourth-order valence-corrected chi connectivity index (χ4v) is 3.71. The van der Waals surface area contributed by atoms with E-state index < -0.39 is 48.1 Å². The number of nitrogens with zero attached hydrogens (tertiary/aromatic N) is 1. The molecule has 1 aromatic carbocycles. The number of carbonyl (C=O) groups is 2. The van der Waals surface area contributed by atoms with Crippen LogP contribution in [0, 0.1) is 0 Å². The molecule has 1 saturated heterocycles. The third kappa shape index (κ3) is 1.91. The van der Waals surface area contributed by atoms with E-state index in [2.05, 4.69) is 0 Å². The smallest absolute Gasteiger partial charge is 0.261 e. The van der Waals surface area contributed by atoms with E-state index in [4.69, 9.17) is 9.47 Å². The molecule has 2 aliphatic heterocycles. The predicted octanol–water partition coefficient (Wildman–Crippen LogP) is -0.0933. The van der Waals surface area contributed by atoms with Gasteiger partial charge in [0, 0.05) is 0 Å². The first-order valence-corrected chi connectivity index (χ1v) is 7.50. The molecular weight excluding hydrogens is 302 g/mol. The first kappa shape index (κ1) is 14.8. The number of aliphatic hydroxyl groups is 2. The highest BCUT2D eigenvalue weighted by atomic mass is 16.8. The first-order chi connectivity index (χ1) is 10.8. The van der Waals surface area contributed by atoms with Crippen LogP contribution in [0.25, 0.3) is 0 Å². The Morgan fingerprint density at radius 2 is 1.48 bits per heavy atom. The van der Waals surface area contributed by atoms with Crippen molar-refractivity contribution < 1.29 is 29.3 Å². The van der Waals surface area contributed by atoms with Gasteiger partial charge >= 0.3 is 0 Å². The summed E-state index contributed by atoms with van der Waals surface area (Å²) in [5.41, 5.74) is 0.585. The molecule has 0 radical (unpaired) electrons. The van der Waals surface area contributed by atoms with Gasteiger partial charge < -0.3 is 19.7 Å². The van der Waals surface area contributed by atoms with Crippen molar-refractivity contribution in [1.29, 1.82) is 0 Å². The highest BCUT2D eigenvalue weighted by Crippen LogP contribution is 2.42. The molecule has 3 aliphatic rings. The molecule has 1 saturated carbocycles. The number of hydrogen-bond acceptors (Lipinski definition) is 6. The molecule has 2 fully saturated rings. The molecule has 2 N–H and O–H groups in total. The predicted molar refractivity (Wildman–Crippen MR) is 76.6 cm³/mol. The second-order valence-corrected chi connectivity index (χ2v) is 6.56. The van der Waals surface area contributed by atoms with Gasteiger partial charge in [0.05, 0.1) is 17.2 Å². The van der Waals surface area contributed by atoms with Crippen molar-refractivity contribution in [3.63, 3.8) is 0 Å². The average molecular weight is 319 g/mol. The molecule has 7 heteroatoms. The zero-order valence-corrected chi connectivity index (χ0v) is 12.7. The summed E-state index contributed by atoms with van der Waals surface area (Å²) in [4.78, 5) is 26.2. The Balaban J connectivity index is 1.74. The van der Waals surface area contributed by atoms with Gasteiger partial charge in [0.1, 0.15) is 24.4 Å². The van der Waals surface area contributed by atoms with E-state index in [1.54, 1.807) is 38.1 Å². The summed E-state index contributed by atoms with van der Waals surface area (Å²) in [6.45, 7) is 3.37. The molecule has 0 spiro atoms. The zero-order valence-electron chi connectivity index (χ0n) is 12.7. The SMILES string of the molecule is CC1(C)O[C@@H]2[C@@H](O)[C@@H](O)[C@H](N3C(=O)c4ccccc4C3=O)[C@@H]2O1. The largest absolute Gasteiger partial charge is 0.388 e. The Kier molecular flexibility index (Phi) is 2.96. The lowest BCUT2D eigenvalue weighted by atomic mass is 10.1. The van der Waals surface area contributed by atoms with Crippen LogP contribution in [-0.2, 0) is 9.47 Å². The van der Waals surface area contributed by atoms with E-state index in [9.17, 15) is 19.8 Å². The van der Waals surface area contributed by atoms with E-state index in [1.165, 1.54) is 0 Å². The number of hydrogen-bond donors (Lipinski definition) is 2. The van der Waals surface area contributed by atoms with E-state index in [1.807, 2.05) is 0 Å². The summed E-state index contributed by atoms with van der Waals surface area (Å²) >= 11 is 0. The molecule has 2 heterocycles. The summed E-state index contributed by atoms with van der Waals surface area (Å²) < 4.78 is 11.4. The number of amides is 2. The number of ether oxygens (including phenoxy) is 2. The molecule has 0 unspecified atom stereocenters. The van der Waals surface area contributed by atoms with Crippen LogP contribution in [0.2, 0.25) is 0 Å². The van der Waals surface area contributed by atoms with Gasteiger partial charge in [-0.1, -0.05) is 12.1 Å². The number of fused-ring (bicyclic) bond motifs is 2. The van der Waals surface area contributed by atoms with Gasteiger partial charge in [-0.3, -0.25) is 14.5 Å². The van der Waals surface area contributed by atoms with Crippen molar-refractivity contribution in [2.75, 3.05) is 0 Å². The Morgan fingerprint density at radius 1 is 0.957 bits per heavy atom. The summed E-state index contributed by atoms with van der Waals surface area (Å²) in [6.07, 6.45) is -4.09. The number of carbonyl (C=O) groups excluding carboxylic acids is 2. The maximum Gasteiger partial charge on any atom is 0.261 e. The van der Waals surface area contributed by atoms with Gasteiger partial charge in [0.25, 0.3) is 11.8 Å². The molecule has 0 aromatic heterocycles. The molecule has 1 aliphatic carbocycles. The van der Waals surface area contributed by atoms with Crippen molar-refractivity contribution in [3.05, 3.63) is 35.4 Å². The maximum atomic E-state index is 12.6. The zero-order chi connectivity index (χ0) is 16.5. The van der Waals surface area contributed by atoms with Crippen LogP contribution in [-0.4, -0.2) is 63.2 Å². The molecule has 0 bridgehead atoms. The minimum atomic E-state index is -1.32. The monoisotopic (exact) mass is 319 g/mol. The topological polar surface area (TPSA) is 96.3 Å². The van der Waals surface area contributed by atoms with Crippen LogP contribution in [0.15, 0.2) is 24.3 Å². The van der Waals surface area contributed by atoms with Crippen LogP contribution in [0.3, 0.4) is 0 Å². The van der Waals surface area contributed by atoms with Crippen molar-refractivity contribution in [2.24, 2.45) is 0 Å². The third-order valence-electron chi connectivity index (χ3n) is 4.66. The molecule has 5 atom stereocenters.